The van der Waals surface area contributed by atoms with Crippen LogP contribution in [0.5, 0.6) is 0 Å². The largest absolute Gasteiger partial charge is 0.354 e. The van der Waals surface area contributed by atoms with E-state index in [4.69, 9.17) is 5.73 Å². The minimum Gasteiger partial charge on any atom is -0.354 e. The number of rotatable bonds is 6. The van der Waals surface area contributed by atoms with E-state index in [1.54, 1.807) is 6.92 Å². The minimum absolute atomic E-state index is 0.00502. The third kappa shape index (κ3) is 4.34. The van der Waals surface area contributed by atoms with Crippen LogP contribution in [0.15, 0.2) is 0 Å². The molecule has 1 aliphatic carbocycles. The molecule has 1 saturated carbocycles. The Morgan fingerprint density at radius 2 is 1.94 bits per heavy atom. The first-order valence-electron chi connectivity index (χ1n) is 6.18. The molecule has 0 radical (unpaired) electrons. The second-order valence-corrected chi connectivity index (χ2v) is 5.44. The number of hydrogen-bond acceptors (Lipinski definition) is 3. The lowest BCUT2D eigenvalue weighted by molar-refractivity contribution is -0.129. The van der Waals surface area contributed by atoms with E-state index in [1.165, 1.54) is 0 Å². The first-order valence-corrected chi connectivity index (χ1v) is 6.18. The van der Waals surface area contributed by atoms with Crippen molar-refractivity contribution in [2.24, 2.45) is 17.6 Å². The van der Waals surface area contributed by atoms with Crippen LogP contribution in [0.4, 0.5) is 0 Å². The highest BCUT2D eigenvalue weighted by Gasteiger charge is 2.43. The zero-order valence-corrected chi connectivity index (χ0v) is 10.9. The smallest absolute Gasteiger partial charge is 0.240 e. The predicted octanol–water partition coefficient (Wildman–Crippen LogP) is 0.00220. The van der Waals surface area contributed by atoms with E-state index in [-0.39, 0.29) is 24.3 Å². The Balaban J connectivity index is 2.25. The van der Waals surface area contributed by atoms with Crippen molar-refractivity contribution in [2.45, 2.75) is 39.2 Å². The summed E-state index contributed by atoms with van der Waals surface area (Å²) in [6.45, 7) is 6.39. The molecule has 0 bridgehead atoms. The van der Waals surface area contributed by atoms with Crippen molar-refractivity contribution in [2.75, 3.05) is 13.1 Å². The normalized spacial score (nSPS) is 18.6. The highest BCUT2D eigenvalue weighted by atomic mass is 16.2. The molecule has 5 nitrogen and oxygen atoms in total. The van der Waals surface area contributed by atoms with Gasteiger partial charge in [-0.25, -0.2) is 0 Å². The Morgan fingerprint density at radius 3 is 2.41 bits per heavy atom. The lowest BCUT2D eigenvalue weighted by Crippen LogP contribution is -2.55. The molecular weight excluding hydrogens is 218 g/mol. The number of carbonyl (C=O) groups is 2. The Morgan fingerprint density at radius 1 is 1.35 bits per heavy atom. The van der Waals surface area contributed by atoms with Crippen LogP contribution in [0.3, 0.4) is 0 Å². The van der Waals surface area contributed by atoms with Gasteiger partial charge in [0.05, 0.1) is 12.1 Å². The fraction of sp³-hybridized carbons (Fsp3) is 0.833. The van der Waals surface area contributed by atoms with Gasteiger partial charge in [0.15, 0.2) is 0 Å². The SMILES string of the molecule is CC(C)CNC(=O)CNC(=O)C(C)(N)C1CC1. The van der Waals surface area contributed by atoms with Gasteiger partial charge < -0.3 is 16.4 Å². The molecule has 5 heteroatoms. The first-order chi connectivity index (χ1) is 7.84. The van der Waals surface area contributed by atoms with Crippen molar-refractivity contribution in [3.05, 3.63) is 0 Å². The molecular formula is C12H23N3O2. The molecule has 1 fully saturated rings. The maximum Gasteiger partial charge on any atom is 0.240 e. The van der Waals surface area contributed by atoms with E-state index in [2.05, 4.69) is 10.6 Å². The van der Waals surface area contributed by atoms with E-state index < -0.39 is 5.54 Å². The van der Waals surface area contributed by atoms with Crippen LogP contribution in [0, 0.1) is 11.8 Å². The number of nitrogens with two attached hydrogens (primary N) is 1. The quantitative estimate of drug-likeness (QED) is 0.612. The van der Waals surface area contributed by atoms with Crippen LogP contribution in [-0.2, 0) is 9.59 Å². The van der Waals surface area contributed by atoms with Gasteiger partial charge in [-0.05, 0) is 31.6 Å². The van der Waals surface area contributed by atoms with Gasteiger partial charge in [0.25, 0.3) is 0 Å². The summed E-state index contributed by atoms with van der Waals surface area (Å²) in [7, 11) is 0. The van der Waals surface area contributed by atoms with E-state index in [1.807, 2.05) is 13.8 Å². The minimum atomic E-state index is -0.835. The van der Waals surface area contributed by atoms with E-state index >= 15 is 0 Å². The van der Waals surface area contributed by atoms with Crippen molar-refractivity contribution in [1.29, 1.82) is 0 Å². The zero-order valence-electron chi connectivity index (χ0n) is 10.9. The Hall–Kier alpha value is -1.10. The maximum atomic E-state index is 11.8. The molecule has 1 unspecified atom stereocenters. The van der Waals surface area contributed by atoms with Gasteiger partial charge in [-0.2, -0.15) is 0 Å². The number of nitrogens with one attached hydrogen (secondary N) is 2. The summed E-state index contributed by atoms with van der Waals surface area (Å²) in [5, 5.41) is 5.33. The van der Waals surface area contributed by atoms with Gasteiger partial charge in [0.1, 0.15) is 0 Å². The Kier molecular flexibility index (Phi) is 4.51. The van der Waals surface area contributed by atoms with Gasteiger partial charge in [0.2, 0.25) is 11.8 Å². The average Bonchev–Trinajstić information content (AvgIpc) is 3.06. The lowest BCUT2D eigenvalue weighted by Gasteiger charge is -2.22. The van der Waals surface area contributed by atoms with Crippen molar-refractivity contribution in [3.63, 3.8) is 0 Å². The molecule has 1 rings (SSSR count). The summed E-state index contributed by atoms with van der Waals surface area (Å²) < 4.78 is 0. The predicted molar refractivity (Wildman–Crippen MR) is 66.2 cm³/mol. The molecule has 0 aromatic rings. The molecule has 0 aliphatic heterocycles. The summed E-state index contributed by atoms with van der Waals surface area (Å²) in [6, 6.07) is 0. The first kappa shape index (κ1) is 14.0. The molecule has 2 amide bonds. The maximum absolute atomic E-state index is 11.8. The lowest BCUT2D eigenvalue weighted by atomic mass is 9.96. The summed E-state index contributed by atoms with van der Waals surface area (Å²) >= 11 is 0. The van der Waals surface area contributed by atoms with Crippen molar-refractivity contribution in [3.8, 4) is 0 Å². The molecule has 98 valence electrons. The monoisotopic (exact) mass is 241 g/mol. The van der Waals surface area contributed by atoms with Crippen LogP contribution in [0.2, 0.25) is 0 Å². The molecule has 0 aromatic heterocycles. The van der Waals surface area contributed by atoms with E-state index in [0.717, 1.165) is 12.8 Å². The van der Waals surface area contributed by atoms with Crippen LogP contribution >= 0.6 is 0 Å². The summed E-state index contributed by atoms with van der Waals surface area (Å²) in [5.41, 5.74) is 5.10. The van der Waals surface area contributed by atoms with Crippen LogP contribution in [0.1, 0.15) is 33.6 Å². The molecule has 0 aromatic carbocycles. The standard InChI is InChI=1S/C12H23N3O2/c1-8(2)6-14-10(16)7-15-11(17)12(3,13)9-4-5-9/h8-9H,4-7,13H2,1-3H3,(H,14,16)(H,15,17). The molecule has 1 aliphatic rings. The van der Waals surface area contributed by atoms with Crippen LogP contribution in [0.25, 0.3) is 0 Å². The van der Waals surface area contributed by atoms with Gasteiger partial charge in [0, 0.05) is 6.54 Å². The van der Waals surface area contributed by atoms with Crippen molar-refractivity contribution >= 4 is 11.8 Å². The third-order valence-corrected chi connectivity index (χ3v) is 3.03. The molecule has 4 N–H and O–H groups in total. The number of carbonyl (C=O) groups excluding carboxylic acids is 2. The number of hydrogen-bond donors (Lipinski definition) is 3. The fourth-order valence-electron chi connectivity index (χ4n) is 1.60. The van der Waals surface area contributed by atoms with E-state index in [0.29, 0.717) is 12.5 Å². The van der Waals surface area contributed by atoms with Crippen molar-refractivity contribution < 1.29 is 9.59 Å². The fourth-order valence-corrected chi connectivity index (χ4v) is 1.60. The van der Waals surface area contributed by atoms with Crippen LogP contribution in [-0.4, -0.2) is 30.4 Å². The molecule has 17 heavy (non-hydrogen) atoms. The van der Waals surface area contributed by atoms with Gasteiger partial charge >= 0.3 is 0 Å². The highest BCUT2D eigenvalue weighted by Crippen LogP contribution is 2.37. The molecule has 0 saturated heterocycles. The van der Waals surface area contributed by atoms with E-state index in [9.17, 15) is 9.59 Å². The Labute approximate surface area is 103 Å². The second-order valence-electron chi connectivity index (χ2n) is 5.44. The summed E-state index contributed by atoms with van der Waals surface area (Å²) in [5.74, 6) is 0.264. The number of amides is 2. The Bertz CT molecular complexity index is 296. The highest BCUT2D eigenvalue weighted by molar-refractivity contribution is 5.90. The van der Waals surface area contributed by atoms with Gasteiger partial charge in [-0.1, -0.05) is 13.8 Å². The summed E-state index contributed by atoms with van der Waals surface area (Å²) in [6.07, 6.45) is 2.00. The topological polar surface area (TPSA) is 84.2 Å². The zero-order chi connectivity index (χ0) is 13.1. The van der Waals surface area contributed by atoms with Gasteiger partial charge in [-0.3, -0.25) is 9.59 Å². The molecule has 1 atom stereocenters. The van der Waals surface area contributed by atoms with Crippen LogP contribution < -0.4 is 16.4 Å². The van der Waals surface area contributed by atoms with Crippen molar-refractivity contribution in [1.82, 2.24) is 10.6 Å². The average molecular weight is 241 g/mol. The summed E-state index contributed by atoms with van der Waals surface area (Å²) in [4.78, 5) is 23.2. The van der Waals surface area contributed by atoms with Gasteiger partial charge in [-0.15, -0.1) is 0 Å². The molecule has 0 spiro atoms. The second kappa shape index (κ2) is 5.49. The third-order valence-electron chi connectivity index (χ3n) is 3.03. The molecule has 0 heterocycles.